The number of ether oxygens (including phenoxy) is 6. The minimum absolute atomic E-state index is 0.0354. The average Bonchev–Trinajstić information content (AvgIpc) is 1.19. The molecule has 0 aliphatic carbocycles. The first-order valence-electron chi connectivity index (χ1n) is 36.8. The number of benzene rings is 1. The van der Waals surface area contributed by atoms with Gasteiger partial charge in [0.05, 0.1) is 78.6 Å². The van der Waals surface area contributed by atoms with Crippen molar-refractivity contribution in [2.45, 2.75) is 374 Å². The second kappa shape index (κ2) is 33.1. The van der Waals surface area contributed by atoms with Gasteiger partial charge in [-0.1, -0.05) is 165 Å². The van der Waals surface area contributed by atoms with Crippen molar-refractivity contribution in [3.8, 4) is 0 Å². The molecule has 5 heterocycles. The van der Waals surface area contributed by atoms with Crippen LogP contribution in [-0.2, 0) is 70.0 Å². The molecule has 98 heavy (non-hydrogen) atoms. The molecule has 0 N–H and O–H groups in total. The zero-order valence-corrected chi connectivity index (χ0v) is 73.8. The summed E-state index contributed by atoms with van der Waals surface area (Å²) in [5, 5.41) is -2.38. The third-order valence-corrected chi connectivity index (χ3v) is 49.8. The Bertz CT molecular complexity index is 2960. The number of rotatable bonds is 30. The van der Waals surface area contributed by atoms with Gasteiger partial charge in [-0.15, -0.1) is 0 Å². The van der Waals surface area contributed by atoms with Crippen molar-refractivity contribution in [1.29, 1.82) is 0 Å². The van der Waals surface area contributed by atoms with Gasteiger partial charge in [0.1, 0.15) is 36.0 Å². The minimum Gasteiger partial charge on any atom is -0.414 e. The van der Waals surface area contributed by atoms with Crippen molar-refractivity contribution in [1.82, 2.24) is 0 Å². The van der Waals surface area contributed by atoms with E-state index in [0.29, 0.717) is 51.6 Å². The molecule has 15 nitrogen and oxygen atoms in total. The predicted octanol–water partition coefficient (Wildman–Crippen LogP) is 18.6. The lowest BCUT2D eigenvalue weighted by Gasteiger charge is -2.56. The van der Waals surface area contributed by atoms with Crippen molar-refractivity contribution in [2.24, 2.45) is 11.8 Å². The molecule has 22 heteroatoms. The molecule has 0 amide bonds. The maximum Gasteiger partial charge on any atom is 0.193 e. The van der Waals surface area contributed by atoms with Crippen LogP contribution in [0.15, 0.2) is 69.7 Å². The maximum atomic E-state index is 16.5. The zero-order valence-electron chi connectivity index (χ0n) is 65.8. The highest BCUT2D eigenvalue weighted by Crippen LogP contribution is 2.50. The SMILES string of the molecule is C=C1C[C@H](CCC=O)OC1CC[C@H]1C[C@@H](C)C(=C)C(C[C@@H]2O[C@H](C[C@@H](CO[Si](C)(C)C(C)(C)C)O[Si](C)(C)C(C)(C)C)[C@H](OC)C2C(C(=O)C[C@H]2CC[C@@H]3O[C@@H]([C@H](/C=C/I)O[Si](C)(C)C(C)(C)C)[C@@H](O[Si](C)(C)C(C)(C)C)[C@@H](O[Si](C)(C)C(C)(C)C)[C@H]3O2)S(=O)(=O)c2ccccc2)O1. The van der Waals surface area contributed by atoms with Gasteiger partial charge in [0.2, 0.25) is 0 Å². The van der Waals surface area contributed by atoms with Crippen LogP contribution in [0, 0.1) is 11.8 Å². The van der Waals surface area contributed by atoms with Crippen LogP contribution in [0.3, 0.4) is 0 Å². The number of hydrogen-bond acceptors (Lipinski definition) is 15. The molecule has 562 valence electrons. The lowest BCUT2D eigenvalue weighted by molar-refractivity contribution is -0.266. The van der Waals surface area contributed by atoms with E-state index in [1.165, 1.54) is 0 Å². The van der Waals surface area contributed by atoms with E-state index in [2.05, 4.69) is 218 Å². The number of hydrogen-bond donors (Lipinski definition) is 0. The fourth-order valence-electron chi connectivity index (χ4n) is 13.3. The van der Waals surface area contributed by atoms with E-state index in [-0.39, 0.29) is 67.2 Å². The van der Waals surface area contributed by atoms with E-state index in [0.717, 1.165) is 30.3 Å². The van der Waals surface area contributed by atoms with E-state index < -0.39 is 142 Å². The van der Waals surface area contributed by atoms with Crippen LogP contribution < -0.4 is 0 Å². The van der Waals surface area contributed by atoms with Gasteiger partial charge in [-0.3, -0.25) is 4.79 Å². The molecule has 5 aliphatic rings. The highest BCUT2D eigenvalue weighted by molar-refractivity contribution is 14.1. The quantitative estimate of drug-likeness (QED) is 0.0308. The Balaban J connectivity index is 1.49. The second-order valence-electron chi connectivity index (χ2n) is 37.2. The molecule has 0 spiro atoms. The van der Waals surface area contributed by atoms with Crippen molar-refractivity contribution in [3.63, 3.8) is 0 Å². The molecule has 0 bridgehead atoms. The average molecular weight is 1590 g/mol. The molecule has 4 unspecified atom stereocenters. The summed E-state index contributed by atoms with van der Waals surface area (Å²) in [4.78, 5) is 27.9. The molecule has 18 atom stereocenters. The van der Waals surface area contributed by atoms with Crippen LogP contribution in [0.2, 0.25) is 90.7 Å². The third kappa shape index (κ3) is 20.8. The molecule has 6 rings (SSSR count). The maximum absolute atomic E-state index is 16.5. The first kappa shape index (κ1) is 86.0. The molecule has 0 saturated carbocycles. The van der Waals surface area contributed by atoms with Gasteiger partial charge >= 0.3 is 0 Å². The van der Waals surface area contributed by atoms with E-state index >= 15 is 13.2 Å². The molecule has 0 aromatic heterocycles. The summed E-state index contributed by atoms with van der Waals surface area (Å²) in [6, 6.07) is 8.38. The Labute approximate surface area is 614 Å². The molecule has 1 aromatic carbocycles. The summed E-state index contributed by atoms with van der Waals surface area (Å²) < 4.78 is 115. The summed E-state index contributed by atoms with van der Waals surface area (Å²) >= 11 is 2.29. The van der Waals surface area contributed by atoms with Crippen LogP contribution in [0.4, 0.5) is 0 Å². The van der Waals surface area contributed by atoms with Crippen molar-refractivity contribution < 1.29 is 68.6 Å². The Hall–Kier alpha value is -0.896. The lowest BCUT2D eigenvalue weighted by atomic mass is 9.81. The lowest BCUT2D eigenvalue weighted by Crippen LogP contribution is -2.69. The molecular weight excluding hydrogens is 1450 g/mol. The van der Waals surface area contributed by atoms with E-state index in [4.69, 9.17) is 50.6 Å². The first-order valence-corrected chi connectivity index (χ1v) is 54.1. The molecular formula is C76H135IO15SSi5. The monoisotopic (exact) mass is 1590 g/mol. The van der Waals surface area contributed by atoms with Crippen molar-refractivity contribution >= 4 is 86.1 Å². The van der Waals surface area contributed by atoms with Gasteiger partial charge in [0, 0.05) is 38.7 Å². The molecule has 5 fully saturated rings. The smallest absolute Gasteiger partial charge is 0.193 e. The summed E-state index contributed by atoms with van der Waals surface area (Å²) in [7, 11) is -15.4. The first-order chi connectivity index (χ1) is 44.7. The Morgan fingerprint density at radius 3 is 1.74 bits per heavy atom. The Kier molecular flexibility index (Phi) is 29.0. The Morgan fingerprint density at radius 2 is 1.20 bits per heavy atom. The Morgan fingerprint density at radius 1 is 0.653 bits per heavy atom. The summed E-state index contributed by atoms with van der Waals surface area (Å²) in [6.07, 6.45) is 0.262. The molecule has 5 saturated heterocycles. The van der Waals surface area contributed by atoms with Gasteiger partial charge in [-0.25, -0.2) is 8.42 Å². The summed E-state index contributed by atoms with van der Waals surface area (Å²) in [6.45, 7) is 67.7. The number of carbonyl (C=O) groups is 2. The number of ketones is 1. The summed E-state index contributed by atoms with van der Waals surface area (Å²) in [5.41, 5.74) is 1.92. The van der Waals surface area contributed by atoms with E-state index in [1.807, 2.05) is 4.08 Å². The van der Waals surface area contributed by atoms with Gasteiger partial charge in [-0.2, -0.15) is 0 Å². The number of fused-ring (bicyclic) bond motifs is 1. The molecule has 1 aromatic rings. The van der Waals surface area contributed by atoms with Crippen LogP contribution in [0.1, 0.15) is 181 Å². The molecule has 5 aliphatic heterocycles. The highest BCUT2D eigenvalue weighted by atomic mass is 127. The third-order valence-electron chi connectivity index (χ3n) is 24.7. The summed E-state index contributed by atoms with van der Waals surface area (Å²) in [5.74, 6) is -1.45. The van der Waals surface area contributed by atoms with E-state index in [1.54, 1.807) is 37.4 Å². The largest absolute Gasteiger partial charge is 0.414 e. The van der Waals surface area contributed by atoms with Gasteiger partial charge in [0.25, 0.3) is 0 Å². The fourth-order valence-corrected chi connectivity index (χ4v) is 22.0. The van der Waals surface area contributed by atoms with Crippen LogP contribution in [0.5, 0.6) is 0 Å². The highest BCUT2D eigenvalue weighted by Gasteiger charge is 2.61. The van der Waals surface area contributed by atoms with Crippen LogP contribution >= 0.6 is 22.6 Å². The minimum atomic E-state index is -4.52. The van der Waals surface area contributed by atoms with Gasteiger partial charge in [0.15, 0.2) is 57.2 Å². The number of aldehydes is 1. The number of halogens is 1. The van der Waals surface area contributed by atoms with E-state index in [9.17, 15) is 4.79 Å². The number of carbonyl (C=O) groups excluding carboxylic acids is 2. The number of sulfone groups is 1. The molecule has 0 radical (unpaired) electrons. The van der Waals surface area contributed by atoms with Crippen LogP contribution in [-0.4, -0.2) is 173 Å². The van der Waals surface area contributed by atoms with Crippen molar-refractivity contribution in [3.05, 3.63) is 64.8 Å². The van der Waals surface area contributed by atoms with Gasteiger partial charge < -0.3 is 55.3 Å². The topological polar surface area (TPSA) is 170 Å². The standard InChI is InChI=1S/C76H135IO15SSi5/c1-50-44-54(37-39-59-51(2)45-53(84-59)34-33-43-78)85-62(52(50)3)48-63-65(66(82-19)64(87-63)47-56(89-95(22,23)73(7,8)9)49-83-94(20,21)72(4,5)6)71(93(80,81)57-35-31-30-32-36-57)58(79)46-55-38-40-60-67(86-55)69(91-97(26,27)75(13,14)15)70(92-98(28,29)76(16,17)18)68(88-60)61(41-42-77)90-96(24,25)74(10,11)12/h30-32,35-36,41-43,50,53-56,59-71H,2-3,33-34,37-40,44-49H2,1,4-29H3/b42-41+/t50-,53+,54+,55-,56+,59?,60+,61+,62?,63+,64-,65?,66+,67+,68+,69+,70-,71?/m1/s1. The number of methoxy groups -OCH3 is 1. The second-order valence-corrected chi connectivity index (χ2v) is 63.8. The van der Waals surface area contributed by atoms with Crippen LogP contribution in [0.25, 0.3) is 0 Å². The normalized spacial score (nSPS) is 30.4. The zero-order chi connectivity index (χ0) is 74.1. The predicted molar refractivity (Wildman–Crippen MR) is 419 cm³/mol. The number of Topliss-reactive ketones (excluding diaryl/α,β-unsaturated/α-hetero) is 1. The van der Waals surface area contributed by atoms with Gasteiger partial charge in [-0.05, 0) is 175 Å². The fraction of sp³-hybridized carbons (Fsp3) is 0.816. The van der Waals surface area contributed by atoms with Crippen molar-refractivity contribution in [2.75, 3.05) is 13.7 Å².